The zero-order valence-electron chi connectivity index (χ0n) is 20.8. The van der Waals surface area contributed by atoms with E-state index in [4.69, 9.17) is 9.15 Å². The van der Waals surface area contributed by atoms with Crippen LogP contribution in [0.1, 0.15) is 48.0 Å². The first kappa shape index (κ1) is 23.7. The summed E-state index contributed by atoms with van der Waals surface area (Å²) in [4.78, 5) is 30.5. The lowest BCUT2D eigenvalue weighted by Gasteiger charge is -2.29. The van der Waals surface area contributed by atoms with Gasteiger partial charge >= 0.3 is 0 Å². The smallest absolute Gasteiger partial charge is 0.300 e. The molecule has 2 fully saturated rings. The van der Waals surface area contributed by atoms with Crippen LogP contribution in [0.2, 0.25) is 0 Å². The number of piperidine rings is 1. The van der Waals surface area contributed by atoms with Crippen LogP contribution in [0.15, 0.2) is 64.6 Å². The summed E-state index contributed by atoms with van der Waals surface area (Å²) >= 11 is 0. The second-order valence-electron chi connectivity index (χ2n) is 9.39. The molecule has 1 unspecified atom stereocenters. The number of carbonyl (C=O) groups is 2. The molecular formula is C29H30N2O5. The molecule has 1 N–H and O–H groups in total. The Labute approximate surface area is 210 Å². The van der Waals surface area contributed by atoms with E-state index in [0.29, 0.717) is 28.5 Å². The first-order chi connectivity index (χ1) is 17.4. The average molecular weight is 487 g/mol. The first-order valence-corrected chi connectivity index (χ1v) is 12.3. The Bertz CT molecular complexity index is 1330. The number of furan rings is 1. The number of hydrogen-bond acceptors (Lipinski definition) is 6. The van der Waals surface area contributed by atoms with Gasteiger partial charge in [-0.25, -0.2) is 0 Å². The van der Waals surface area contributed by atoms with Crippen molar-refractivity contribution in [1.29, 1.82) is 0 Å². The largest absolute Gasteiger partial charge is 0.507 e. The van der Waals surface area contributed by atoms with Crippen molar-refractivity contribution in [3.05, 3.63) is 82.8 Å². The molecule has 3 heterocycles. The van der Waals surface area contributed by atoms with Crippen LogP contribution in [0, 0.1) is 13.8 Å². The fraction of sp³-hybridized carbons (Fsp3) is 0.310. The number of anilines is 2. The second kappa shape index (κ2) is 9.57. The summed E-state index contributed by atoms with van der Waals surface area (Å²) in [5, 5.41) is 11.4. The van der Waals surface area contributed by atoms with Gasteiger partial charge in [0.25, 0.3) is 11.7 Å². The molecule has 3 aromatic rings. The summed E-state index contributed by atoms with van der Waals surface area (Å²) in [6.45, 7) is 5.69. The molecule has 1 atom stereocenters. The SMILES string of the molecule is COc1ccc(C)cc1/C(O)=C1\C(=O)C(=O)N(c2ccc(N3CCCCC3)cc2)C1c1ccc(C)o1. The van der Waals surface area contributed by atoms with Gasteiger partial charge in [0.05, 0.1) is 18.2 Å². The molecule has 0 saturated carbocycles. The van der Waals surface area contributed by atoms with E-state index < -0.39 is 17.7 Å². The minimum atomic E-state index is -0.912. The van der Waals surface area contributed by atoms with Crippen molar-refractivity contribution in [2.45, 2.75) is 39.2 Å². The van der Waals surface area contributed by atoms with Crippen molar-refractivity contribution in [2.24, 2.45) is 0 Å². The first-order valence-electron chi connectivity index (χ1n) is 12.3. The molecule has 1 aromatic heterocycles. The van der Waals surface area contributed by atoms with Crippen LogP contribution in [-0.4, -0.2) is 37.0 Å². The molecule has 2 aliphatic heterocycles. The number of ether oxygens (including phenoxy) is 1. The van der Waals surface area contributed by atoms with E-state index in [1.807, 2.05) is 37.3 Å². The van der Waals surface area contributed by atoms with E-state index in [-0.39, 0.29) is 11.3 Å². The average Bonchev–Trinajstić information content (AvgIpc) is 3.44. The lowest BCUT2D eigenvalue weighted by atomic mass is 9.97. The van der Waals surface area contributed by atoms with Gasteiger partial charge in [-0.05, 0) is 81.6 Å². The summed E-state index contributed by atoms with van der Waals surface area (Å²) in [5.74, 6) is -0.322. The normalized spacial score (nSPS) is 19.7. The molecule has 7 heteroatoms. The van der Waals surface area contributed by atoms with Crippen molar-refractivity contribution < 1.29 is 23.8 Å². The summed E-state index contributed by atoms with van der Waals surface area (Å²) in [7, 11) is 1.50. The van der Waals surface area contributed by atoms with Gasteiger partial charge in [0.2, 0.25) is 0 Å². The fourth-order valence-corrected chi connectivity index (χ4v) is 5.10. The highest BCUT2D eigenvalue weighted by Gasteiger charge is 2.48. The number of amides is 1. The predicted octanol–water partition coefficient (Wildman–Crippen LogP) is 5.52. The van der Waals surface area contributed by atoms with Crippen LogP contribution in [0.3, 0.4) is 0 Å². The molecular weight excluding hydrogens is 456 g/mol. The lowest BCUT2D eigenvalue weighted by molar-refractivity contribution is -0.132. The highest BCUT2D eigenvalue weighted by Crippen LogP contribution is 2.44. The van der Waals surface area contributed by atoms with Gasteiger partial charge < -0.3 is 19.2 Å². The number of hydrogen-bond donors (Lipinski definition) is 1. The number of rotatable bonds is 5. The Balaban J connectivity index is 1.62. The van der Waals surface area contributed by atoms with Crippen LogP contribution in [-0.2, 0) is 9.59 Å². The molecule has 0 radical (unpaired) electrons. The van der Waals surface area contributed by atoms with Crippen LogP contribution in [0.25, 0.3) is 5.76 Å². The Hall–Kier alpha value is -4.00. The topological polar surface area (TPSA) is 83.2 Å². The van der Waals surface area contributed by atoms with Crippen molar-refractivity contribution in [3.63, 3.8) is 0 Å². The molecule has 0 bridgehead atoms. The number of aryl methyl sites for hydroxylation is 2. The van der Waals surface area contributed by atoms with Crippen LogP contribution in [0.4, 0.5) is 11.4 Å². The molecule has 5 rings (SSSR count). The predicted molar refractivity (Wildman–Crippen MR) is 138 cm³/mol. The maximum absolute atomic E-state index is 13.4. The lowest BCUT2D eigenvalue weighted by Crippen LogP contribution is -2.30. The van der Waals surface area contributed by atoms with Crippen molar-refractivity contribution in [1.82, 2.24) is 0 Å². The minimum Gasteiger partial charge on any atom is -0.507 e. The summed E-state index contributed by atoms with van der Waals surface area (Å²) in [6.07, 6.45) is 3.57. The van der Waals surface area contributed by atoms with E-state index >= 15 is 0 Å². The molecule has 7 nitrogen and oxygen atoms in total. The number of aliphatic hydroxyl groups excluding tert-OH is 1. The minimum absolute atomic E-state index is 0.0293. The highest BCUT2D eigenvalue weighted by molar-refractivity contribution is 6.51. The van der Waals surface area contributed by atoms with E-state index in [9.17, 15) is 14.7 Å². The van der Waals surface area contributed by atoms with E-state index in [0.717, 1.165) is 37.2 Å². The highest BCUT2D eigenvalue weighted by atomic mass is 16.5. The van der Waals surface area contributed by atoms with Crippen LogP contribution in [0.5, 0.6) is 5.75 Å². The van der Waals surface area contributed by atoms with Gasteiger partial charge in [-0.15, -0.1) is 0 Å². The standard InChI is InChI=1S/C29H30N2O5/c1-18-7-13-23(35-3)22(17-18)27(32)25-26(24-14-8-19(2)36-24)31(29(34)28(25)33)21-11-9-20(10-12-21)30-15-5-4-6-16-30/h7-14,17,26,32H,4-6,15-16H2,1-3H3/b27-25+. The van der Waals surface area contributed by atoms with E-state index in [2.05, 4.69) is 4.90 Å². The quantitative estimate of drug-likeness (QED) is 0.290. The number of methoxy groups -OCH3 is 1. The number of ketones is 1. The van der Waals surface area contributed by atoms with Gasteiger partial charge in [0.15, 0.2) is 0 Å². The fourth-order valence-electron chi connectivity index (χ4n) is 5.10. The molecule has 36 heavy (non-hydrogen) atoms. The molecule has 2 saturated heterocycles. The summed E-state index contributed by atoms with van der Waals surface area (Å²) in [5.41, 5.74) is 2.85. The monoisotopic (exact) mass is 486 g/mol. The molecule has 1 amide bonds. The molecule has 2 aromatic carbocycles. The number of aliphatic hydroxyl groups is 1. The number of nitrogens with zero attached hydrogens (tertiary/aromatic N) is 2. The zero-order chi connectivity index (χ0) is 25.4. The van der Waals surface area contributed by atoms with Gasteiger partial charge in [-0.3, -0.25) is 14.5 Å². The van der Waals surface area contributed by atoms with Gasteiger partial charge in [0.1, 0.15) is 29.1 Å². The molecule has 0 spiro atoms. The van der Waals surface area contributed by atoms with Gasteiger partial charge in [-0.2, -0.15) is 0 Å². The second-order valence-corrected chi connectivity index (χ2v) is 9.39. The Morgan fingerprint density at radius 2 is 1.64 bits per heavy atom. The maximum atomic E-state index is 13.4. The Kier molecular flexibility index (Phi) is 6.31. The number of benzene rings is 2. The van der Waals surface area contributed by atoms with Crippen LogP contribution < -0.4 is 14.5 Å². The third-order valence-corrected chi connectivity index (χ3v) is 6.93. The molecule has 186 valence electrons. The van der Waals surface area contributed by atoms with E-state index in [1.54, 1.807) is 31.2 Å². The third-order valence-electron chi connectivity index (χ3n) is 6.93. The summed E-state index contributed by atoms with van der Waals surface area (Å²) < 4.78 is 11.3. The van der Waals surface area contributed by atoms with Crippen LogP contribution >= 0.6 is 0 Å². The number of Topliss-reactive ketones (excluding diaryl/α,β-unsaturated/α-hetero) is 1. The third kappa shape index (κ3) is 4.15. The van der Waals surface area contributed by atoms with Gasteiger partial charge in [-0.1, -0.05) is 11.6 Å². The molecule has 0 aliphatic carbocycles. The summed E-state index contributed by atoms with van der Waals surface area (Å²) in [6, 6.07) is 15.6. The zero-order valence-corrected chi connectivity index (χ0v) is 20.8. The van der Waals surface area contributed by atoms with Crippen molar-refractivity contribution in [3.8, 4) is 5.75 Å². The number of carbonyl (C=O) groups excluding carboxylic acids is 2. The van der Waals surface area contributed by atoms with E-state index in [1.165, 1.54) is 18.4 Å². The maximum Gasteiger partial charge on any atom is 0.300 e. The van der Waals surface area contributed by atoms with Gasteiger partial charge in [0, 0.05) is 24.5 Å². The van der Waals surface area contributed by atoms with Crippen molar-refractivity contribution >= 4 is 28.8 Å². The van der Waals surface area contributed by atoms with Crippen molar-refractivity contribution in [2.75, 3.05) is 30.0 Å². The Morgan fingerprint density at radius 1 is 0.944 bits per heavy atom. The Morgan fingerprint density at radius 3 is 2.28 bits per heavy atom. The molecule has 2 aliphatic rings.